The molecule has 0 aliphatic carbocycles. The third-order valence-corrected chi connectivity index (χ3v) is 5.12. The molecule has 0 fully saturated rings. The van der Waals surface area contributed by atoms with Crippen LogP contribution >= 0.6 is 0 Å². The number of aliphatic hydroxyl groups is 2. The van der Waals surface area contributed by atoms with Gasteiger partial charge < -0.3 is 10.2 Å². The Morgan fingerprint density at radius 1 is 0.844 bits per heavy atom. The Morgan fingerprint density at radius 3 is 2.06 bits per heavy atom. The minimum Gasteiger partial charge on any atom is -0.378 e. The predicted octanol–water partition coefficient (Wildman–Crippen LogP) is 7.30. The van der Waals surface area contributed by atoms with E-state index in [1.165, 1.54) is 16.7 Å². The second-order valence-electron chi connectivity index (χ2n) is 9.93. The van der Waals surface area contributed by atoms with Crippen molar-refractivity contribution in [3.8, 4) is 23.7 Å². The Bertz CT molecular complexity index is 787. The molecule has 0 aromatic heterocycles. The molecule has 0 rings (SSSR count). The van der Waals surface area contributed by atoms with Crippen LogP contribution < -0.4 is 0 Å². The minimum atomic E-state index is -1.22. The van der Waals surface area contributed by atoms with E-state index in [0.717, 1.165) is 38.5 Å². The highest BCUT2D eigenvalue weighted by molar-refractivity contribution is 5.34. The van der Waals surface area contributed by atoms with Gasteiger partial charge in [0.25, 0.3) is 0 Å². The van der Waals surface area contributed by atoms with E-state index in [0.29, 0.717) is 12.3 Å². The van der Waals surface area contributed by atoms with Crippen LogP contribution in [-0.2, 0) is 0 Å². The molecule has 2 nitrogen and oxygen atoms in total. The first-order valence-corrected chi connectivity index (χ1v) is 11.9. The van der Waals surface area contributed by atoms with Crippen LogP contribution in [0, 0.1) is 29.6 Å². The van der Waals surface area contributed by atoms with E-state index in [-0.39, 0.29) is 0 Å². The van der Waals surface area contributed by atoms with E-state index in [2.05, 4.69) is 83.5 Å². The van der Waals surface area contributed by atoms with Crippen molar-refractivity contribution in [1.29, 1.82) is 0 Å². The molecule has 0 amide bonds. The summed E-state index contributed by atoms with van der Waals surface area (Å²) in [6.45, 7) is 16.2. The molecule has 0 spiro atoms. The molecule has 2 heteroatoms. The predicted molar refractivity (Wildman–Crippen MR) is 140 cm³/mol. The lowest BCUT2D eigenvalue weighted by Gasteiger charge is -2.14. The maximum absolute atomic E-state index is 10.5. The van der Waals surface area contributed by atoms with Crippen LogP contribution in [0.15, 0.2) is 47.1 Å². The largest absolute Gasteiger partial charge is 0.378 e. The van der Waals surface area contributed by atoms with Crippen LogP contribution in [0.1, 0.15) is 100 Å². The molecule has 0 aliphatic heterocycles. The van der Waals surface area contributed by atoms with Gasteiger partial charge in [-0.15, -0.1) is 0 Å². The Hall–Kier alpha value is -2.00. The lowest BCUT2D eigenvalue weighted by atomic mass is 9.98. The number of rotatable bonds is 12. The maximum Gasteiger partial charge on any atom is 0.142 e. The molecule has 2 N–H and O–H groups in total. The molecule has 178 valence electrons. The third-order valence-electron chi connectivity index (χ3n) is 5.12. The summed E-state index contributed by atoms with van der Waals surface area (Å²) in [4.78, 5) is 0. The van der Waals surface area contributed by atoms with Crippen molar-refractivity contribution in [2.75, 3.05) is 0 Å². The van der Waals surface area contributed by atoms with Gasteiger partial charge in [0.1, 0.15) is 11.2 Å². The average Bonchev–Trinajstić information content (AvgIpc) is 2.64. The van der Waals surface area contributed by atoms with Crippen LogP contribution in [0.2, 0.25) is 0 Å². The van der Waals surface area contributed by atoms with E-state index >= 15 is 0 Å². The van der Waals surface area contributed by atoms with Gasteiger partial charge in [0, 0.05) is 0 Å². The molecule has 0 heterocycles. The van der Waals surface area contributed by atoms with Gasteiger partial charge in [-0.1, -0.05) is 59.8 Å². The van der Waals surface area contributed by atoms with Gasteiger partial charge in [0.2, 0.25) is 0 Å². The summed E-state index contributed by atoms with van der Waals surface area (Å²) in [5.41, 5.74) is 1.73. The molecular weight excluding hydrogens is 392 g/mol. The molecule has 0 aromatic rings. The maximum atomic E-state index is 10.5. The van der Waals surface area contributed by atoms with Crippen LogP contribution in [0.5, 0.6) is 0 Å². The van der Waals surface area contributed by atoms with Gasteiger partial charge in [0.05, 0.1) is 0 Å². The number of hydrogen-bond acceptors (Lipinski definition) is 2. The molecule has 0 saturated heterocycles. The van der Waals surface area contributed by atoms with E-state index < -0.39 is 11.2 Å². The highest BCUT2D eigenvalue weighted by Crippen LogP contribution is 2.15. The summed E-state index contributed by atoms with van der Waals surface area (Å²) in [5, 5.41) is 20.9. The highest BCUT2D eigenvalue weighted by Gasteiger charge is 2.15. The van der Waals surface area contributed by atoms with Crippen LogP contribution in [0.3, 0.4) is 0 Å². The van der Waals surface area contributed by atoms with Crippen molar-refractivity contribution in [3.05, 3.63) is 47.1 Å². The molecule has 0 aliphatic rings. The minimum absolute atomic E-state index is 0.558. The van der Waals surface area contributed by atoms with E-state index in [1.807, 2.05) is 6.08 Å². The fourth-order valence-corrected chi connectivity index (χ4v) is 3.02. The molecule has 0 radical (unpaired) electrons. The Balaban J connectivity index is 4.58. The average molecular weight is 439 g/mol. The smallest absolute Gasteiger partial charge is 0.142 e. The number of hydrogen-bond donors (Lipinski definition) is 2. The van der Waals surface area contributed by atoms with E-state index in [9.17, 15) is 10.2 Å². The summed E-state index contributed by atoms with van der Waals surface area (Å²) in [7, 11) is 0. The van der Waals surface area contributed by atoms with Crippen molar-refractivity contribution < 1.29 is 10.2 Å². The van der Waals surface area contributed by atoms with Crippen molar-refractivity contribution >= 4 is 0 Å². The van der Waals surface area contributed by atoms with Crippen LogP contribution in [-0.4, -0.2) is 21.4 Å². The van der Waals surface area contributed by atoms with Crippen molar-refractivity contribution in [1.82, 2.24) is 0 Å². The third kappa shape index (κ3) is 18.7. The molecule has 0 aromatic carbocycles. The molecule has 0 saturated carbocycles. The molecule has 3 unspecified atom stereocenters. The molecule has 0 bridgehead atoms. The SMILES string of the molecule is CC(C)=CCCC(C)=CCCC(C)(O)C#CC#CC(C)(O)C=CCC(C)CCC=C(C)C. The summed E-state index contributed by atoms with van der Waals surface area (Å²) in [5.74, 6) is 11.6. The first kappa shape index (κ1) is 30.0. The standard InChI is InChI=1S/C30H46O2/c1-25(2)15-11-17-27(5)19-13-23-29(7,31)21-9-10-22-30(8,32)24-14-20-28(6)18-12-16-26(3)4/h13,15-16,20,23,27,31-32H,11-12,14,17-19,24H2,1-8H3. The topological polar surface area (TPSA) is 40.5 Å². The highest BCUT2D eigenvalue weighted by atomic mass is 16.3. The fraction of sp³-hybridized carbons (Fsp3) is 0.600. The van der Waals surface area contributed by atoms with Crippen molar-refractivity contribution in [2.45, 2.75) is 112 Å². The lowest BCUT2D eigenvalue weighted by Crippen LogP contribution is -2.21. The monoisotopic (exact) mass is 438 g/mol. The fourth-order valence-electron chi connectivity index (χ4n) is 3.02. The van der Waals surface area contributed by atoms with Gasteiger partial charge in [-0.2, -0.15) is 0 Å². The summed E-state index contributed by atoms with van der Waals surface area (Å²) in [6, 6.07) is 0. The summed E-state index contributed by atoms with van der Waals surface area (Å²) < 4.78 is 0. The van der Waals surface area contributed by atoms with E-state index in [1.54, 1.807) is 19.9 Å². The first-order valence-electron chi connectivity index (χ1n) is 11.9. The number of allylic oxidation sites excluding steroid dienone is 7. The van der Waals surface area contributed by atoms with Gasteiger partial charge in [0.15, 0.2) is 0 Å². The lowest BCUT2D eigenvalue weighted by molar-refractivity contribution is 0.113. The first-order chi connectivity index (χ1) is 14.8. The second-order valence-corrected chi connectivity index (χ2v) is 9.93. The second kappa shape index (κ2) is 15.7. The van der Waals surface area contributed by atoms with Crippen molar-refractivity contribution in [2.24, 2.45) is 5.92 Å². The molecule has 3 atom stereocenters. The summed E-state index contributed by atoms with van der Waals surface area (Å²) >= 11 is 0. The zero-order chi connectivity index (χ0) is 24.6. The van der Waals surface area contributed by atoms with Gasteiger partial charge in [-0.25, -0.2) is 0 Å². The Morgan fingerprint density at radius 2 is 1.44 bits per heavy atom. The quantitative estimate of drug-likeness (QED) is 0.248. The van der Waals surface area contributed by atoms with Crippen LogP contribution in [0.25, 0.3) is 0 Å². The van der Waals surface area contributed by atoms with Crippen LogP contribution in [0.4, 0.5) is 0 Å². The van der Waals surface area contributed by atoms with Gasteiger partial charge in [-0.3, -0.25) is 0 Å². The Kier molecular flexibility index (Phi) is 14.8. The zero-order valence-electron chi connectivity index (χ0n) is 21.8. The zero-order valence-corrected chi connectivity index (χ0v) is 21.8. The summed E-state index contributed by atoms with van der Waals surface area (Å²) in [6.07, 6.45) is 17.0. The van der Waals surface area contributed by atoms with Crippen molar-refractivity contribution in [3.63, 3.8) is 0 Å². The van der Waals surface area contributed by atoms with Gasteiger partial charge >= 0.3 is 0 Å². The van der Waals surface area contributed by atoms with E-state index in [4.69, 9.17) is 0 Å². The Labute approximate surface area is 198 Å². The molecular formula is C30H46O2. The molecule has 32 heavy (non-hydrogen) atoms. The van der Waals surface area contributed by atoms with Gasteiger partial charge in [-0.05, 0) is 117 Å². The normalized spacial score (nSPS) is 16.0.